The summed E-state index contributed by atoms with van der Waals surface area (Å²) in [6.07, 6.45) is 2.56. The third-order valence-electron chi connectivity index (χ3n) is 2.85. The largest absolute Gasteiger partial charge is 0.391 e. The maximum absolute atomic E-state index is 11.6. The average Bonchev–Trinajstić information content (AvgIpc) is 2.17. The van der Waals surface area contributed by atoms with Crippen molar-refractivity contribution < 1.29 is 13.5 Å². The highest BCUT2D eigenvalue weighted by Gasteiger charge is 2.32. The molecule has 2 unspecified atom stereocenters. The highest BCUT2D eigenvalue weighted by atomic mass is 32.2. The molecule has 0 aromatic rings. The molecule has 1 aliphatic carbocycles. The van der Waals surface area contributed by atoms with Crippen LogP contribution in [0.4, 0.5) is 0 Å². The molecule has 1 rings (SSSR count). The van der Waals surface area contributed by atoms with Crippen molar-refractivity contribution in [3.05, 3.63) is 0 Å². The number of nitriles is 1. The van der Waals surface area contributed by atoms with E-state index in [1.807, 2.05) is 0 Å². The van der Waals surface area contributed by atoms with E-state index in [4.69, 9.17) is 5.26 Å². The normalized spacial score (nSPS) is 27.6. The number of sulfonamides is 1. The summed E-state index contributed by atoms with van der Waals surface area (Å²) in [6.45, 7) is 0. The maximum atomic E-state index is 11.6. The third kappa shape index (κ3) is 2.91. The fourth-order valence-corrected chi connectivity index (χ4v) is 2.93. The van der Waals surface area contributed by atoms with Crippen LogP contribution in [0.3, 0.4) is 0 Å². The molecule has 0 aromatic carbocycles. The zero-order valence-corrected chi connectivity index (χ0v) is 9.57. The first-order valence-corrected chi connectivity index (χ1v) is 6.60. The van der Waals surface area contributed by atoms with Crippen molar-refractivity contribution in [2.45, 2.75) is 37.8 Å². The molecule has 6 heteroatoms. The van der Waals surface area contributed by atoms with Gasteiger partial charge in [0.15, 0.2) is 5.75 Å². The van der Waals surface area contributed by atoms with E-state index in [2.05, 4.69) is 0 Å². The molecule has 0 saturated heterocycles. The van der Waals surface area contributed by atoms with Gasteiger partial charge in [0, 0.05) is 7.05 Å². The molecule has 1 fully saturated rings. The number of hydrogen-bond acceptors (Lipinski definition) is 4. The number of hydrogen-bond donors (Lipinski definition) is 1. The van der Waals surface area contributed by atoms with Crippen molar-refractivity contribution in [2.24, 2.45) is 0 Å². The Kier molecular flexibility index (Phi) is 4.08. The molecule has 0 bridgehead atoms. The highest BCUT2D eigenvalue weighted by molar-refractivity contribution is 7.89. The first-order valence-electron chi connectivity index (χ1n) is 5.00. The molecule has 0 spiro atoms. The minimum Gasteiger partial charge on any atom is -0.391 e. The van der Waals surface area contributed by atoms with Crippen molar-refractivity contribution in [1.82, 2.24) is 4.31 Å². The predicted molar refractivity (Wildman–Crippen MR) is 55.4 cm³/mol. The first-order chi connectivity index (χ1) is 6.99. The van der Waals surface area contributed by atoms with Crippen molar-refractivity contribution >= 4 is 10.0 Å². The van der Waals surface area contributed by atoms with E-state index in [-0.39, 0.29) is 6.04 Å². The molecule has 1 N–H and O–H groups in total. The summed E-state index contributed by atoms with van der Waals surface area (Å²) >= 11 is 0. The maximum Gasteiger partial charge on any atom is 0.227 e. The van der Waals surface area contributed by atoms with Crippen LogP contribution in [0.5, 0.6) is 0 Å². The second kappa shape index (κ2) is 4.92. The first kappa shape index (κ1) is 12.4. The standard InChI is InChI=1S/C9H16N2O3S/c1-11(15(13,14)7-6-10)8-4-2-3-5-9(8)12/h8-9,12H,2-5,7H2,1H3. The topological polar surface area (TPSA) is 81.4 Å². The van der Waals surface area contributed by atoms with Crippen molar-refractivity contribution in [2.75, 3.05) is 12.8 Å². The second-order valence-electron chi connectivity index (χ2n) is 3.85. The van der Waals surface area contributed by atoms with Gasteiger partial charge in [-0.05, 0) is 12.8 Å². The van der Waals surface area contributed by atoms with Crippen molar-refractivity contribution in [3.8, 4) is 6.07 Å². The summed E-state index contributed by atoms with van der Waals surface area (Å²) in [5.74, 6) is -0.521. The summed E-state index contributed by atoms with van der Waals surface area (Å²) in [4.78, 5) is 0. The van der Waals surface area contributed by atoms with Gasteiger partial charge in [-0.3, -0.25) is 0 Å². The van der Waals surface area contributed by atoms with E-state index in [1.165, 1.54) is 7.05 Å². The Balaban J connectivity index is 2.75. The van der Waals surface area contributed by atoms with Crippen LogP contribution in [0.15, 0.2) is 0 Å². The minimum atomic E-state index is -3.53. The third-order valence-corrected chi connectivity index (χ3v) is 4.49. The molecule has 0 amide bonds. The molecule has 5 nitrogen and oxygen atoms in total. The fraction of sp³-hybridized carbons (Fsp3) is 0.889. The smallest absolute Gasteiger partial charge is 0.227 e. The molecule has 1 aliphatic rings. The molecule has 0 heterocycles. The lowest BCUT2D eigenvalue weighted by Crippen LogP contribution is -2.46. The van der Waals surface area contributed by atoms with Gasteiger partial charge in [-0.15, -0.1) is 0 Å². The molecule has 15 heavy (non-hydrogen) atoms. The van der Waals surface area contributed by atoms with Gasteiger partial charge in [0.25, 0.3) is 0 Å². The monoisotopic (exact) mass is 232 g/mol. The average molecular weight is 232 g/mol. The number of likely N-dealkylation sites (N-methyl/N-ethyl adjacent to an activating group) is 1. The lowest BCUT2D eigenvalue weighted by molar-refractivity contribution is 0.0639. The van der Waals surface area contributed by atoms with Crippen molar-refractivity contribution in [3.63, 3.8) is 0 Å². The Hall–Kier alpha value is -0.640. The van der Waals surface area contributed by atoms with Gasteiger partial charge < -0.3 is 5.11 Å². The Morgan fingerprint density at radius 1 is 1.47 bits per heavy atom. The number of rotatable bonds is 3. The van der Waals surface area contributed by atoms with E-state index in [1.54, 1.807) is 6.07 Å². The van der Waals surface area contributed by atoms with Crippen LogP contribution < -0.4 is 0 Å². The van der Waals surface area contributed by atoms with E-state index >= 15 is 0 Å². The Bertz CT molecular complexity index is 347. The molecule has 0 aromatic heterocycles. The van der Waals surface area contributed by atoms with Crippen LogP contribution in [-0.4, -0.2) is 42.8 Å². The van der Waals surface area contributed by atoms with Crippen LogP contribution in [-0.2, 0) is 10.0 Å². The van der Waals surface area contributed by atoms with Crippen LogP contribution in [0, 0.1) is 11.3 Å². The number of nitrogens with zero attached hydrogens (tertiary/aromatic N) is 2. The van der Waals surface area contributed by atoms with E-state index in [9.17, 15) is 13.5 Å². The van der Waals surface area contributed by atoms with Gasteiger partial charge >= 0.3 is 0 Å². The summed E-state index contributed by atoms with van der Waals surface area (Å²) < 4.78 is 24.3. The molecule has 0 radical (unpaired) electrons. The Morgan fingerprint density at radius 3 is 2.60 bits per heavy atom. The number of aliphatic hydroxyl groups is 1. The lowest BCUT2D eigenvalue weighted by Gasteiger charge is -2.33. The fourth-order valence-electron chi connectivity index (χ4n) is 1.91. The minimum absolute atomic E-state index is 0.364. The van der Waals surface area contributed by atoms with E-state index in [0.717, 1.165) is 17.1 Å². The van der Waals surface area contributed by atoms with Gasteiger partial charge in [-0.25, -0.2) is 8.42 Å². The predicted octanol–water partition coefficient (Wildman–Crippen LogP) is 0.0751. The van der Waals surface area contributed by atoms with Gasteiger partial charge in [0.1, 0.15) is 0 Å². The van der Waals surface area contributed by atoms with Crippen LogP contribution >= 0.6 is 0 Å². The molecular formula is C9H16N2O3S. The molecular weight excluding hydrogens is 216 g/mol. The lowest BCUT2D eigenvalue weighted by atomic mass is 9.93. The van der Waals surface area contributed by atoms with Gasteiger partial charge in [0.2, 0.25) is 10.0 Å². The SMILES string of the molecule is CN(C1CCCCC1O)S(=O)(=O)CC#N. The van der Waals surface area contributed by atoms with Gasteiger partial charge in [-0.1, -0.05) is 12.8 Å². The molecule has 0 aliphatic heterocycles. The second-order valence-corrected chi connectivity index (χ2v) is 5.88. The number of aliphatic hydroxyl groups excluding tert-OH is 1. The van der Waals surface area contributed by atoms with Gasteiger partial charge in [0.05, 0.1) is 18.2 Å². The zero-order valence-electron chi connectivity index (χ0n) is 8.76. The molecule has 2 atom stereocenters. The van der Waals surface area contributed by atoms with E-state index < -0.39 is 21.9 Å². The quantitative estimate of drug-likeness (QED) is 0.747. The molecule has 86 valence electrons. The van der Waals surface area contributed by atoms with Crippen LogP contribution in [0.2, 0.25) is 0 Å². The summed E-state index contributed by atoms with van der Waals surface area (Å²) in [7, 11) is -2.09. The summed E-state index contributed by atoms with van der Waals surface area (Å²) in [5.41, 5.74) is 0. The van der Waals surface area contributed by atoms with E-state index in [0.29, 0.717) is 12.8 Å². The highest BCUT2D eigenvalue weighted by Crippen LogP contribution is 2.24. The summed E-state index contributed by atoms with van der Waals surface area (Å²) in [5, 5.41) is 18.1. The zero-order chi connectivity index (χ0) is 11.5. The van der Waals surface area contributed by atoms with Crippen LogP contribution in [0.1, 0.15) is 25.7 Å². The summed E-state index contributed by atoms with van der Waals surface area (Å²) in [6, 6.07) is 1.27. The Labute approximate surface area is 90.4 Å². The van der Waals surface area contributed by atoms with Crippen LogP contribution in [0.25, 0.3) is 0 Å². The molecule has 1 saturated carbocycles. The Morgan fingerprint density at radius 2 is 2.07 bits per heavy atom. The van der Waals surface area contributed by atoms with Crippen molar-refractivity contribution in [1.29, 1.82) is 5.26 Å². The van der Waals surface area contributed by atoms with Gasteiger partial charge in [-0.2, -0.15) is 9.57 Å².